The van der Waals surface area contributed by atoms with Gasteiger partial charge in [0, 0.05) is 17.8 Å². The molecule has 1 aliphatic rings. The predicted octanol–water partition coefficient (Wildman–Crippen LogP) is 3.17. The van der Waals surface area contributed by atoms with Crippen molar-refractivity contribution >= 4 is 5.71 Å². The number of rotatable bonds is 3. The Morgan fingerprint density at radius 2 is 2.45 bits per heavy atom. The van der Waals surface area contributed by atoms with E-state index in [2.05, 4.69) is 24.9 Å². The van der Waals surface area contributed by atoms with Gasteiger partial charge in [0.15, 0.2) is 0 Å². The van der Waals surface area contributed by atoms with Crippen LogP contribution >= 0.6 is 0 Å². The standard InChI is InChI=1S/C10H17N/c1-3-4-6-10-7-5-8-11-9(10)2/h5,8,10H,3-4,6-7H2,1-2H3. The summed E-state index contributed by atoms with van der Waals surface area (Å²) >= 11 is 0. The van der Waals surface area contributed by atoms with E-state index in [0.717, 1.165) is 5.92 Å². The van der Waals surface area contributed by atoms with Crippen LogP contribution in [0.15, 0.2) is 17.3 Å². The first kappa shape index (κ1) is 8.51. The van der Waals surface area contributed by atoms with Crippen molar-refractivity contribution in [1.29, 1.82) is 0 Å². The molecule has 1 unspecified atom stereocenters. The molecule has 0 N–H and O–H groups in total. The summed E-state index contributed by atoms with van der Waals surface area (Å²) in [6.07, 6.45) is 9.26. The fourth-order valence-electron chi connectivity index (χ4n) is 1.45. The maximum atomic E-state index is 4.30. The van der Waals surface area contributed by atoms with Gasteiger partial charge in [0.1, 0.15) is 0 Å². The van der Waals surface area contributed by atoms with Crippen LogP contribution in [-0.2, 0) is 0 Å². The average Bonchev–Trinajstić information content (AvgIpc) is 2.03. The van der Waals surface area contributed by atoms with Crippen molar-refractivity contribution in [3.05, 3.63) is 12.3 Å². The second-order valence-corrected chi connectivity index (χ2v) is 3.23. The van der Waals surface area contributed by atoms with E-state index in [1.54, 1.807) is 0 Å². The molecule has 1 heterocycles. The number of unbranched alkanes of at least 4 members (excludes halogenated alkanes) is 1. The first-order valence-electron chi connectivity index (χ1n) is 4.54. The fraction of sp³-hybridized carbons (Fsp3) is 0.700. The largest absolute Gasteiger partial charge is 0.266 e. The van der Waals surface area contributed by atoms with E-state index in [9.17, 15) is 0 Å². The van der Waals surface area contributed by atoms with Crippen molar-refractivity contribution in [3.63, 3.8) is 0 Å². The van der Waals surface area contributed by atoms with Crippen LogP contribution < -0.4 is 0 Å². The highest BCUT2D eigenvalue weighted by Crippen LogP contribution is 2.18. The van der Waals surface area contributed by atoms with E-state index < -0.39 is 0 Å². The molecule has 0 fully saturated rings. The highest BCUT2D eigenvalue weighted by Gasteiger charge is 2.11. The summed E-state index contributed by atoms with van der Waals surface area (Å²) in [6, 6.07) is 0. The van der Waals surface area contributed by atoms with Crippen LogP contribution in [0.2, 0.25) is 0 Å². The maximum absolute atomic E-state index is 4.30. The van der Waals surface area contributed by atoms with Crippen LogP contribution in [0.3, 0.4) is 0 Å². The molecular weight excluding hydrogens is 134 g/mol. The summed E-state index contributed by atoms with van der Waals surface area (Å²) in [6.45, 7) is 4.38. The van der Waals surface area contributed by atoms with E-state index in [0.29, 0.717) is 0 Å². The first-order valence-corrected chi connectivity index (χ1v) is 4.54. The molecule has 0 amide bonds. The SMILES string of the molecule is CCCCC1CC=CN=C1C. The topological polar surface area (TPSA) is 12.4 Å². The highest BCUT2D eigenvalue weighted by atomic mass is 14.7. The summed E-state index contributed by atoms with van der Waals surface area (Å²) in [5.74, 6) is 0.736. The van der Waals surface area contributed by atoms with Gasteiger partial charge < -0.3 is 0 Å². The second kappa shape index (κ2) is 4.32. The molecule has 0 bridgehead atoms. The lowest BCUT2D eigenvalue weighted by molar-refractivity contribution is 0.582. The van der Waals surface area contributed by atoms with Gasteiger partial charge in [-0.05, 0) is 19.8 Å². The van der Waals surface area contributed by atoms with Crippen LogP contribution in [-0.4, -0.2) is 5.71 Å². The smallest absolute Gasteiger partial charge is 0.0227 e. The van der Waals surface area contributed by atoms with Crippen LogP contribution in [0.25, 0.3) is 0 Å². The van der Waals surface area contributed by atoms with Crippen molar-refractivity contribution in [2.75, 3.05) is 0 Å². The summed E-state index contributed by atoms with van der Waals surface area (Å²) in [7, 11) is 0. The second-order valence-electron chi connectivity index (χ2n) is 3.23. The molecule has 0 aromatic heterocycles. The Balaban J connectivity index is 2.35. The zero-order valence-electron chi connectivity index (χ0n) is 7.51. The normalized spacial score (nSPS) is 23.5. The lowest BCUT2D eigenvalue weighted by Gasteiger charge is -2.16. The molecule has 0 saturated carbocycles. The van der Waals surface area contributed by atoms with Gasteiger partial charge in [0.2, 0.25) is 0 Å². The minimum absolute atomic E-state index is 0.736. The number of nitrogens with zero attached hydrogens (tertiary/aromatic N) is 1. The molecule has 0 saturated heterocycles. The van der Waals surface area contributed by atoms with Crippen LogP contribution in [0.5, 0.6) is 0 Å². The molecule has 62 valence electrons. The highest BCUT2D eigenvalue weighted by molar-refractivity contribution is 5.85. The van der Waals surface area contributed by atoms with Crippen LogP contribution in [0.4, 0.5) is 0 Å². The third-order valence-electron chi connectivity index (χ3n) is 2.30. The molecule has 1 rings (SSSR count). The Morgan fingerprint density at radius 3 is 3.09 bits per heavy atom. The van der Waals surface area contributed by atoms with Gasteiger partial charge in [0.05, 0.1) is 0 Å². The van der Waals surface area contributed by atoms with Crippen molar-refractivity contribution in [2.45, 2.75) is 39.5 Å². The number of hydrogen-bond acceptors (Lipinski definition) is 1. The molecular formula is C10H17N. The lowest BCUT2D eigenvalue weighted by Crippen LogP contribution is -2.12. The summed E-state index contributed by atoms with van der Waals surface area (Å²) in [5, 5.41) is 0. The average molecular weight is 151 g/mol. The Morgan fingerprint density at radius 1 is 1.64 bits per heavy atom. The minimum atomic E-state index is 0.736. The van der Waals surface area contributed by atoms with E-state index in [1.807, 2.05) is 6.20 Å². The fourth-order valence-corrected chi connectivity index (χ4v) is 1.45. The van der Waals surface area contributed by atoms with Crippen molar-refractivity contribution in [2.24, 2.45) is 10.9 Å². The third-order valence-corrected chi connectivity index (χ3v) is 2.30. The Kier molecular flexibility index (Phi) is 3.34. The molecule has 0 aliphatic carbocycles. The van der Waals surface area contributed by atoms with Gasteiger partial charge in [-0.25, -0.2) is 0 Å². The monoisotopic (exact) mass is 151 g/mol. The van der Waals surface area contributed by atoms with Gasteiger partial charge >= 0.3 is 0 Å². The molecule has 1 atom stereocenters. The molecule has 11 heavy (non-hydrogen) atoms. The van der Waals surface area contributed by atoms with Gasteiger partial charge in [-0.1, -0.05) is 25.8 Å². The number of aliphatic imine (C=N–C) groups is 1. The maximum Gasteiger partial charge on any atom is 0.0227 e. The quantitative estimate of drug-likeness (QED) is 0.587. The molecule has 1 aliphatic heterocycles. The summed E-state index contributed by atoms with van der Waals surface area (Å²) < 4.78 is 0. The van der Waals surface area contributed by atoms with E-state index in [-0.39, 0.29) is 0 Å². The van der Waals surface area contributed by atoms with Gasteiger partial charge in [-0.15, -0.1) is 0 Å². The van der Waals surface area contributed by atoms with Gasteiger partial charge in [0.25, 0.3) is 0 Å². The lowest BCUT2D eigenvalue weighted by atomic mass is 9.93. The molecule has 1 nitrogen and oxygen atoms in total. The molecule has 0 aromatic carbocycles. The van der Waals surface area contributed by atoms with E-state index in [4.69, 9.17) is 0 Å². The Hall–Kier alpha value is -0.590. The van der Waals surface area contributed by atoms with Crippen molar-refractivity contribution in [1.82, 2.24) is 0 Å². The Bertz CT molecular complexity index is 168. The van der Waals surface area contributed by atoms with Gasteiger partial charge in [-0.3, -0.25) is 4.99 Å². The Labute approximate surface area is 69.2 Å². The molecule has 0 aromatic rings. The predicted molar refractivity (Wildman–Crippen MR) is 49.9 cm³/mol. The summed E-state index contributed by atoms with van der Waals surface area (Å²) in [4.78, 5) is 4.30. The van der Waals surface area contributed by atoms with E-state index >= 15 is 0 Å². The van der Waals surface area contributed by atoms with Gasteiger partial charge in [-0.2, -0.15) is 0 Å². The van der Waals surface area contributed by atoms with Crippen LogP contribution in [0.1, 0.15) is 39.5 Å². The minimum Gasteiger partial charge on any atom is -0.266 e. The number of allylic oxidation sites excluding steroid dienone is 1. The van der Waals surface area contributed by atoms with Crippen LogP contribution in [0, 0.1) is 5.92 Å². The van der Waals surface area contributed by atoms with Crippen molar-refractivity contribution in [3.8, 4) is 0 Å². The first-order chi connectivity index (χ1) is 5.34. The third kappa shape index (κ3) is 2.49. The molecule has 0 radical (unpaired) electrons. The molecule has 0 spiro atoms. The summed E-state index contributed by atoms with van der Waals surface area (Å²) in [5.41, 5.74) is 1.32. The van der Waals surface area contributed by atoms with Crippen molar-refractivity contribution < 1.29 is 0 Å². The molecule has 1 heteroatoms. The van der Waals surface area contributed by atoms with E-state index in [1.165, 1.54) is 31.4 Å². The number of hydrogen-bond donors (Lipinski definition) is 0. The zero-order valence-corrected chi connectivity index (χ0v) is 7.51. The zero-order chi connectivity index (χ0) is 8.10.